The third-order valence-corrected chi connectivity index (χ3v) is 11.6. The van der Waals surface area contributed by atoms with Gasteiger partial charge in [0.1, 0.15) is 0 Å². The molecule has 278 valence electrons. The number of hydrogen-bond donors (Lipinski definition) is 2. The van der Waals surface area contributed by atoms with Gasteiger partial charge in [-0.1, -0.05) is 176 Å². The predicted octanol–water partition coefficient (Wildman–Crippen LogP) is 13.0. The van der Waals surface area contributed by atoms with E-state index in [0.717, 1.165) is 44.8 Å². The van der Waals surface area contributed by atoms with Gasteiger partial charge in [0.15, 0.2) is 0 Å². The molecule has 0 saturated carbocycles. The highest BCUT2D eigenvalue weighted by Crippen LogP contribution is 2.52. The third kappa shape index (κ3) is 6.72. The van der Waals surface area contributed by atoms with E-state index in [0.29, 0.717) is 0 Å². The number of hydrogen-bond acceptors (Lipinski definition) is 4. The van der Waals surface area contributed by atoms with Crippen LogP contribution in [0, 0.1) is 24.0 Å². The van der Waals surface area contributed by atoms with Crippen LogP contribution in [0.15, 0.2) is 188 Å². The molecule has 0 bridgehead atoms. The van der Waals surface area contributed by atoms with Crippen molar-refractivity contribution in [1.82, 2.24) is 0 Å². The average molecular weight is 742 g/mol. The summed E-state index contributed by atoms with van der Waals surface area (Å²) in [7, 11) is 0. The average Bonchev–Trinajstić information content (AvgIpc) is 3.54. The van der Waals surface area contributed by atoms with Crippen molar-refractivity contribution in [2.75, 3.05) is 10.6 Å². The molecule has 0 aliphatic heterocycles. The summed E-state index contributed by atoms with van der Waals surface area (Å²) >= 11 is 0. The van der Waals surface area contributed by atoms with Crippen molar-refractivity contribution in [3.8, 4) is 0 Å². The summed E-state index contributed by atoms with van der Waals surface area (Å²) in [5.74, 6) is -0.629. The highest BCUT2D eigenvalue weighted by atomic mass is 16.6. The quantitative estimate of drug-likeness (QED) is 0.0787. The maximum absolute atomic E-state index is 13.1. The van der Waals surface area contributed by atoms with E-state index in [1.165, 1.54) is 33.0 Å². The lowest BCUT2D eigenvalue weighted by molar-refractivity contribution is -0.385. The van der Waals surface area contributed by atoms with Crippen LogP contribution < -0.4 is 10.6 Å². The summed E-state index contributed by atoms with van der Waals surface area (Å²) in [6.45, 7) is 4.31. The Morgan fingerprint density at radius 2 is 0.842 bits per heavy atom. The summed E-state index contributed by atoms with van der Waals surface area (Å²) in [5.41, 5.74) is 12.7. The van der Waals surface area contributed by atoms with Crippen molar-refractivity contribution < 1.29 is 4.92 Å². The Balaban J connectivity index is 1.35. The molecule has 2 atom stereocenters. The number of nitrogens with one attached hydrogen (secondary N) is 2. The standard InChI is InChI=1S/C52H43N3O2/c1-34-18-15-19-35(2)49(34)53-51-42-30-16-28-40-29-17-31-43(48(40)42)52(51)54-50-44(46(36-20-7-3-8-21-36)37-22-9-4-10-23-37)32-41(55(56)57)33-45(50)47(38-24-11-5-12-25-38)39-26-13-6-14-27-39/h3-33,46-47,51-54H,1-2H3. The van der Waals surface area contributed by atoms with Crippen LogP contribution in [-0.2, 0) is 0 Å². The van der Waals surface area contributed by atoms with Gasteiger partial charge in [0.25, 0.3) is 5.69 Å². The number of nitro benzene ring substituents is 1. The fourth-order valence-electron chi connectivity index (χ4n) is 9.04. The van der Waals surface area contributed by atoms with Gasteiger partial charge in [-0.2, -0.15) is 0 Å². The molecule has 0 spiro atoms. The number of benzene rings is 8. The Bertz CT molecular complexity index is 2490. The molecular weight excluding hydrogens is 699 g/mol. The van der Waals surface area contributed by atoms with E-state index < -0.39 is 0 Å². The van der Waals surface area contributed by atoms with E-state index in [4.69, 9.17) is 0 Å². The fraction of sp³-hybridized carbons (Fsp3) is 0.115. The molecule has 5 nitrogen and oxygen atoms in total. The Labute approximate surface area is 333 Å². The molecule has 1 aliphatic rings. The molecular formula is C52H43N3O2. The maximum atomic E-state index is 13.1. The minimum atomic E-state index is -0.315. The van der Waals surface area contributed by atoms with Crippen LogP contribution >= 0.6 is 0 Å². The van der Waals surface area contributed by atoms with Crippen molar-refractivity contribution in [3.05, 3.63) is 254 Å². The van der Waals surface area contributed by atoms with Crippen molar-refractivity contribution in [1.29, 1.82) is 0 Å². The second kappa shape index (κ2) is 15.3. The normalized spacial score (nSPS) is 14.6. The van der Waals surface area contributed by atoms with Gasteiger partial charge in [-0.25, -0.2) is 0 Å². The second-order valence-electron chi connectivity index (χ2n) is 15.1. The van der Waals surface area contributed by atoms with Crippen LogP contribution in [0.4, 0.5) is 17.1 Å². The Hall–Kier alpha value is -6.98. The van der Waals surface area contributed by atoms with E-state index in [1.807, 2.05) is 72.8 Å². The maximum Gasteiger partial charge on any atom is 0.270 e. The number of nitrogens with zero attached hydrogens (tertiary/aromatic N) is 1. The molecule has 0 amide bonds. The summed E-state index contributed by atoms with van der Waals surface area (Å²) in [4.78, 5) is 12.9. The lowest BCUT2D eigenvalue weighted by atomic mass is 9.78. The Morgan fingerprint density at radius 1 is 0.474 bits per heavy atom. The van der Waals surface area contributed by atoms with Crippen molar-refractivity contribution in [3.63, 3.8) is 0 Å². The first-order valence-corrected chi connectivity index (χ1v) is 19.6. The van der Waals surface area contributed by atoms with Crippen LogP contribution in [0.5, 0.6) is 0 Å². The third-order valence-electron chi connectivity index (χ3n) is 11.6. The van der Waals surface area contributed by atoms with E-state index >= 15 is 0 Å². The number of anilines is 2. The zero-order valence-corrected chi connectivity index (χ0v) is 32.0. The summed E-state index contributed by atoms with van der Waals surface area (Å²) in [6.07, 6.45) is 0. The summed E-state index contributed by atoms with van der Waals surface area (Å²) < 4.78 is 0. The topological polar surface area (TPSA) is 67.2 Å². The molecule has 8 aromatic rings. The highest BCUT2D eigenvalue weighted by molar-refractivity contribution is 5.93. The van der Waals surface area contributed by atoms with E-state index in [-0.39, 0.29) is 34.5 Å². The van der Waals surface area contributed by atoms with Gasteiger partial charge in [0.05, 0.1) is 17.0 Å². The fourth-order valence-corrected chi connectivity index (χ4v) is 9.04. The van der Waals surface area contributed by atoms with Gasteiger partial charge >= 0.3 is 0 Å². The molecule has 0 saturated heterocycles. The second-order valence-corrected chi connectivity index (χ2v) is 15.1. The van der Waals surface area contributed by atoms with E-state index in [9.17, 15) is 10.1 Å². The van der Waals surface area contributed by atoms with E-state index in [1.54, 1.807) is 12.1 Å². The zero-order valence-electron chi connectivity index (χ0n) is 32.0. The monoisotopic (exact) mass is 741 g/mol. The number of para-hydroxylation sites is 1. The summed E-state index contributed by atoms with van der Waals surface area (Å²) in [5, 5.41) is 23.8. The molecule has 2 unspecified atom stereocenters. The van der Waals surface area contributed by atoms with Crippen molar-refractivity contribution >= 4 is 27.8 Å². The van der Waals surface area contributed by atoms with E-state index in [2.05, 4.69) is 128 Å². The first-order chi connectivity index (χ1) is 28.0. The molecule has 5 heteroatoms. The first-order valence-electron chi connectivity index (χ1n) is 19.6. The molecule has 0 heterocycles. The van der Waals surface area contributed by atoms with Gasteiger partial charge in [-0.15, -0.1) is 0 Å². The molecule has 57 heavy (non-hydrogen) atoms. The number of rotatable bonds is 11. The number of nitro groups is 1. The van der Waals surface area contributed by atoms with Crippen molar-refractivity contribution in [2.45, 2.75) is 37.8 Å². The van der Waals surface area contributed by atoms with Crippen LogP contribution in [0.25, 0.3) is 10.8 Å². The van der Waals surface area contributed by atoms with Gasteiger partial charge in [-0.3, -0.25) is 10.1 Å². The van der Waals surface area contributed by atoms with Gasteiger partial charge in [0, 0.05) is 35.3 Å². The number of non-ortho nitro benzene ring substituents is 1. The van der Waals surface area contributed by atoms with Crippen LogP contribution in [0.2, 0.25) is 0 Å². The van der Waals surface area contributed by atoms with Crippen LogP contribution in [0.3, 0.4) is 0 Å². The lowest BCUT2D eigenvalue weighted by Crippen LogP contribution is -2.24. The van der Waals surface area contributed by atoms with Gasteiger partial charge < -0.3 is 10.6 Å². The molecule has 1 aliphatic carbocycles. The molecule has 8 aromatic carbocycles. The SMILES string of the molecule is Cc1cccc(C)c1NC1c2cccc3cccc(c23)C1Nc1c(C(c2ccccc2)c2ccccc2)cc([N+](=O)[O-])cc1C(c1ccccc1)c1ccccc1. The zero-order chi connectivity index (χ0) is 38.9. The van der Waals surface area contributed by atoms with Gasteiger partial charge in [-0.05, 0) is 80.3 Å². The summed E-state index contributed by atoms with van der Waals surface area (Å²) in [6, 6.07) is 64.3. The van der Waals surface area contributed by atoms with Crippen molar-refractivity contribution in [2.24, 2.45) is 0 Å². The molecule has 0 radical (unpaired) electrons. The first kappa shape index (κ1) is 35.7. The minimum Gasteiger partial charge on any atom is -0.375 e. The smallest absolute Gasteiger partial charge is 0.270 e. The molecule has 9 rings (SSSR count). The van der Waals surface area contributed by atoms with Gasteiger partial charge in [0.2, 0.25) is 0 Å². The van der Waals surface area contributed by atoms with Crippen LogP contribution in [-0.4, -0.2) is 4.92 Å². The minimum absolute atomic E-state index is 0.0568. The molecule has 2 N–H and O–H groups in total. The van der Waals surface area contributed by atoms with Crippen LogP contribution in [0.1, 0.15) is 79.6 Å². The Kier molecular flexibility index (Phi) is 9.57. The largest absolute Gasteiger partial charge is 0.375 e. The predicted molar refractivity (Wildman–Crippen MR) is 233 cm³/mol. The highest BCUT2D eigenvalue weighted by Gasteiger charge is 2.38. The number of aryl methyl sites for hydroxylation is 2. The molecule has 0 aromatic heterocycles. The lowest BCUT2D eigenvalue weighted by Gasteiger charge is -2.33. The molecule has 0 fully saturated rings. The Morgan fingerprint density at radius 3 is 1.23 bits per heavy atom.